The Morgan fingerprint density at radius 3 is 2.33 bits per heavy atom. The van der Waals surface area contributed by atoms with Gasteiger partial charge in [-0.3, -0.25) is 9.82 Å². The molecule has 0 amide bonds. The van der Waals surface area contributed by atoms with Crippen molar-refractivity contribution in [2.24, 2.45) is 0 Å². The molecule has 3 N–H and O–H groups in total. The first kappa shape index (κ1) is 15.3. The highest BCUT2D eigenvalue weighted by Crippen LogP contribution is 2.19. The van der Waals surface area contributed by atoms with Gasteiger partial charge < -0.3 is 0 Å². The van der Waals surface area contributed by atoms with Crippen LogP contribution in [0.15, 0.2) is 36.5 Å². The maximum atomic E-state index is 12.0. The summed E-state index contributed by atoms with van der Waals surface area (Å²) in [4.78, 5) is 0. The zero-order valence-corrected chi connectivity index (χ0v) is 11.3. The minimum Gasteiger partial charge on any atom is -0.278 e. The van der Waals surface area contributed by atoms with Crippen molar-refractivity contribution in [2.45, 2.75) is 6.18 Å². The van der Waals surface area contributed by atoms with Crippen LogP contribution in [0.3, 0.4) is 0 Å². The molecular weight excluding hydrogens is 309 g/mol. The summed E-state index contributed by atoms with van der Waals surface area (Å²) in [6, 6.07) is 7.81. The maximum Gasteiger partial charge on any atom is 0.402 e. The molecule has 6 nitrogen and oxygen atoms in total. The van der Waals surface area contributed by atoms with E-state index in [2.05, 4.69) is 10.2 Å². The van der Waals surface area contributed by atoms with Gasteiger partial charge in [-0.15, -0.1) is 0 Å². The number of hydrogen-bond acceptors (Lipinski definition) is 3. The molecule has 1 aromatic carbocycles. The molecule has 0 saturated heterocycles. The summed E-state index contributed by atoms with van der Waals surface area (Å²) in [7, 11) is -4.27. The van der Waals surface area contributed by atoms with Gasteiger partial charge >= 0.3 is 6.18 Å². The fourth-order valence-corrected chi connectivity index (χ4v) is 2.37. The molecule has 0 spiro atoms. The summed E-state index contributed by atoms with van der Waals surface area (Å²) >= 11 is 0. The third-order valence-corrected chi connectivity index (χ3v) is 3.44. The van der Waals surface area contributed by atoms with Crippen LogP contribution in [0.5, 0.6) is 0 Å². The van der Waals surface area contributed by atoms with E-state index in [4.69, 9.17) is 0 Å². The Labute approximate surface area is 118 Å². The lowest BCUT2D eigenvalue weighted by Gasteiger charge is -2.11. The number of rotatable bonds is 5. The van der Waals surface area contributed by atoms with Crippen LogP contribution in [0, 0.1) is 0 Å². The molecule has 21 heavy (non-hydrogen) atoms. The second-order valence-electron chi connectivity index (χ2n) is 4.09. The molecule has 0 saturated carbocycles. The Morgan fingerprint density at radius 2 is 1.81 bits per heavy atom. The summed E-state index contributed by atoms with van der Waals surface area (Å²) in [6.45, 7) is -1.63. The first-order valence-electron chi connectivity index (χ1n) is 5.69. The Kier molecular flexibility index (Phi) is 4.19. The van der Waals surface area contributed by atoms with E-state index >= 15 is 0 Å². The molecule has 1 aromatic heterocycles. The highest BCUT2D eigenvalue weighted by Gasteiger charge is 2.29. The van der Waals surface area contributed by atoms with Crippen LogP contribution in [0.1, 0.15) is 0 Å². The van der Waals surface area contributed by atoms with Gasteiger partial charge in [-0.2, -0.15) is 31.4 Å². The number of nitrogens with one attached hydrogen (secondary N) is 3. The van der Waals surface area contributed by atoms with Crippen molar-refractivity contribution in [3.8, 4) is 11.3 Å². The fourth-order valence-electron chi connectivity index (χ4n) is 1.50. The van der Waals surface area contributed by atoms with Crippen LogP contribution < -0.4 is 9.44 Å². The molecule has 0 atom stereocenters. The van der Waals surface area contributed by atoms with Crippen molar-refractivity contribution < 1.29 is 21.6 Å². The van der Waals surface area contributed by atoms with Crippen molar-refractivity contribution in [1.82, 2.24) is 14.9 Å². The van der Waals surface area contributed by atoms with Gasteiger partial charge in [-0.05, 0) is 23.8 Å². The molecule has 0 aliphatic heterocycles. The van der Waals surface area contributed by atoms with E-state index in [0.29, 0.717) is 0 Å². The van der Waals surface area contributed by atoms with Gasteiger partial charge in [0.05, 0.1) is 5.69 Å². The SMILES string of the molecule is O=S(=O)(NCC(F)(F)F)Nc1ccc(-c2ccn[nH]2)cc1. The van der Waals surface area contributed by atoms with E-state index in [-0.39, 0.29) is 5.69 Å². The Bertz CT molecular complexity index is 681. The van der Waals surface area contributed by atoms with Crippen molar-refractivity contribution in [3.05, 3.63) is 36.5 Å². The standard InChI is InChI=1S/C11H11F3N4O2S/c12-11(13,14)7-16-21(19,20)18-9-3-1-8(2-4-9)10-5-6-15-17-10/h1-6,16,18H,7H2,(H,15,17). The molecule has 10 heteroatoms. The Morgan fingerprint density at radius 1 is 1.14 bits per heavy atom. The Balaban J connectivity index is 2.03. The molecule has 0 unspecified atom stereocenters. The minimum atomic E-state index is -4.61. The third kappa shape index (κ3) is 4.76. The number of benzene rings is 1. The lowest BCUT2D eigenvalue weighted by Crippen LogP contribution is -2.37. The predicted molar refractivity (Wildman–Crippen MR) is 70.6 cm³/mol. The third-order valence-electron chi connectivity index (χ3n) is 2.41. The summed E-state index contributed by atoms with van der Waals surface area (Å²) in [5.41, 5.74) is 1.64. The van der Waals surface area contributed by atoms with Crippen LogP contribution in [0.2, 0.25) is 0 Å². The van der Waals surface area contributed by atoms with Crippen molar-refractivity contribution in [2.75, 3.05) is 11.3 Å². The highest BCUT2D eigenvalue weighted by atomic mass is 32.2. The fraction of sp³-hybridized carbons (Fsp3) is 0.182. The zero-order valence-electron chi connectivity index (χ0n) is 10.5. The average Bonchev–Trinajstić information content (AvgIpc) is 2.90. The number of hydrogen-bond donors (Lipinski definition) is 3. The number of anilines is 1. The minimum absolute atomic E-state index is 0.146. The number of alkyl halides is 3. The smallest absolute Gasteiger partial charge is 0.278 e. The molecule has 0 bridgehead atoms. The first-order valence-corrected chi connectivity index (χ1v) is 7.17. The lowest BCUT2D eigenvalue weighted by molar-refractivity contribution is -0.121. The summed E-state index contributed by atoms with van der Waals surface area (Å²) in [6.07, 6.45) is -3.05. The molecule has 0 fully saturated rings. The Hall–Kier alpha value is -2.07. The van der Waals surface area contributed by atoms with Gasteiger partial charge in [0.25, 0.3) is 10.2 Å². The van der Waals surface area contributed by atoms with Crippen LogP contribution in [-0.2, 0) is 10.2 Å². The van der Waals surface area contributed by atoms with Crippen molar-refractivity contribution in [1.29, 1.82) is 0 Å². The van der Waals surface area contributed by atoms with Gasteiger partial charge in [-0.25, -0.2) is 0 Å². The summed E-state index contributed by atoms with van der Waals surface area (Å²) < 4.78 is 62.2. The normalized spacial score (nSPS) is 12.3. The number of nitrogens with zero attached hydrogens (tertiary/aromatic N) is 1. The summed E-state index contributed by atoms with van der Waals surface area (Å²) in [5, 5.41) is 6.51. The second kappa shape index (κ2) is 5.74. The average molecular weight is 320 g/mol. The first-order chi connectivity index (χ1) is 9.75. The number of H-pyrrole nitrogens is 1. The molecule has 2 aromatic rings. The van der Waals surface area contributed by atoms with Crippen LogP contribution >= 0.6 is 0 Å². The molecule has 1 heterocycles. The number of halogens is 3. The second-order valence-corrected chi connectivity index (χ2v) is 5.59. The van der Waals surface area contributed by atoms with Crippen LogP contribution in [-0.4, -0.2) is 31.3 Å². The van der Waals surface area contributed by atoms with E-state index < -0.39 is 22.9 Å². The van der Waals surface area contributed by atoms with E-state index in [1.54, 1.807) is 24.4 Å². The van der Waals surface area contributed by atoms with Gasteiger partial charge in [0.1, 0.15) is 6.54 Å². The molecular formula is C11H11F3N4O2S. The van der Waals surface area contributed by atoms with Gasteiger partial charge in [0, 0.05) is 11.9 Å². The predicted octanol–water partition coefficient (Wildman–Crippen LogP) is 1.89. The van der Waals surface area contributed by atoms with Crippen molar-refractivity contribution in [3.63, 3.8) is 0 Å². The van der Waals surface area contributed by atoms with E-state index in [1.165, 1.54) is 16.9 Å². The molecule has 0 radical (unpaired) electrons. The van der Waals surface area contributed by atoms with Crippen LogP contribution in [0.25, 0.3) is 11.3 Å². The monoisotopic (exact) mass is 320 g/mol. The van der Waals surface area contributed by atoms with Crippen LogP contribution in [0.4, 0.5) is 18.9 Å². The molecule has 0 aliphatic carbocycles. The number of aromatic amines is 1. The van der Waals surface area contributed by atoms with E-state index in [9.17, 15) is 21.6 Å². The largest absolute Gasteiger partial charge is 0.402 e. The molecule has 0 aliphatic rings. The van der Waals surface area contributed by atoms with Gasteiger partial charge in [0.2, 0.25) is 0 Å². The topological polar surface area (TPSA) is 86.9 Å². The maximum absolute atomic E-state index is 12.0. The highest BCUT2D eigenvalue weighted by molar-refractivity contribution is 7.90. The molecule has 114 valence electrons. The lowest BCUT2D eigenvalue weighted by atomic mass is 10.1. The van der Waals surface area contributed by atoms with E-state index in [0.717, 1.165) is 11.3 Å². The van der Waals surface area contributed by atoms with E-state index in [1.807, 2.05) is 4.72 Å². The summed E-state index contributed by atoms with van der Waals surface area (Å²) in [5.74, 6) is 0. The van der Waals surface area contributed by atoms with Gasteiger partial charge in [-0.1, -0.05) is 12.1 Å². The van der Waals surface area contributed by atoms with Crippen molar-refractivity contribution >= 4 is 15.9 Å². The quantitative estimate of drug-likeness (QED) is 0.786. The van der Waals surface area contributed by atoms with Gasteiger partial charge in [0.15, 0.2) is 0 Å². The zero-order chi connectivity index (χ0) is 15.5. The molecule has 2 rings (SSSR count). The number of aromatic nitrogens is 2.